The minimum Gasteiger partial charge on any atom is -0.494 e. The maximum Gasteiger partial charge on any atom is 0.322 e. The van der Waals surface area contributed by atoms with Gasteiger partial charge in [-0.3, -0.25) is 0 Å². The predicted molar refractivity (Wildman–Crippen MR) is 91.7 cm³/mol. The normalized spacial score (nSPS) is 16.9. The molecular weight excluding hydrogens is 307 g/mol. The van der Waals surface area contributed by atoms with Gasteiger partial charge in [-0.15, -0.1) is 0 Å². The number of benzene rings is 2. The summed E-state index contributed by atoms with van der Waals surface area (Å²) in [4.78, 5) is 14.3. The minimum atomic E-state index is -0.261. The molecule has 3 rings (SSSR count). The summed E-state index contributed by atoms with van der Waals surface area (Å²) < 4.78 is 19.4. The van der Waals surface area contributed by atoms with Crippen molar-refractivity contribution in [2.45, 2.75) is 25.8 Å². The molecule has 0 radical (unpaired) electrons. The highest BCUT2D eigenvalue weighted by Gasteiger charge is 2.31. The third-order valence-corrected chi connectivity index (χ3v) is 4.19. The molecule has 2 amide bonds. The molecule has 0 aliphatic carbocycles. The van der Waals surface area contributed by atoms with Crippen molar-refractivity contribution in [3.63, 3.8) is 0 Å². The summed E-state index contributed by atoms with van der Waals surface area (Å²) in [6.07, 6.45) is 1.65. The van der Waals surface area contributed by atoms with Crippen molar-refractivity contribution in [3.05, 3.63) is 59.9 Å². The summed E-state index contributed by atoms with van der Waals surface area (Å²) in [7, 11) is 0. The lowest BCUT2D eigenvalue weighted by Gasteiger charge is -2.25. The van der Waals surface area contributed by atoms with Crippen LogP contribution in [-0.4, -0.2) is 24.1 Å². The molecule has 4 nitrogen and oxygen atoms in total. The van der Waals surface area contributed by atoms with Crippen molar-refractivity contribution in [1.82, 2.24) is 4.90 Å². The quantitative estimate of drug-likeness (QED) is 0.891. The molecule has 1 saturated heterocycles. The van der Waals surface area contributed by atoms with Gasteiger partial charge >= 0.3 is 6.03 Å². The second kappa shape index (κ2) is 7.34. The Labute approximate surface area is 141 Å². The van der Waals surface area contributed by atoms with E-state index in [-0.39, 0.29) is 17.9 Å². The van der Waals surface area contributed by atoms with Gasteiger partial charge in [0.05, 0.1) is 12.6 Å². The van der Waals surface area contributed by atoms with Gasteiger partial charge in [0.2, 0.25) is 0 Å². The third kappa shape index (κ3) is 3.50. The fourth-order valence-electron chi connectivity index (χ4n) is 3.07. The molecule has 126 valence electrons. The van der Waals surface area contributed by atoms with Crippen LogP contribution in [0.5, 0.6) is 5.75 Å². The van der Waals surface area contributed by atoms with Crippen LogP contribution in [0.15, 0.2) is 48.5 Å². The Morgan fingerprint density at radius 1 is 1.25 bits per heavy atom. The number of anilines is 1. The lowest BCUT2D eigenvalue weighted by molar-refractivity contribution is 0.206. The van der Waals surface area contributed by atoms with E-state index in [4.69, 9.17) is 4.74 Å². The van der Waals surface area contributed by atoms with Gasteiger partial charge in [0, 0.05) is 17.8 Å². The Hall–Kier alpha value is -2.56. The first-order valence-corrected chi connectivity index (χ1v) is 8.24. The van der Waals surface area contributed by atoms with Gasteiger partial charge in [-0.05, 0) is 50.1 Å². The lowest BCUT2D eigenvalue weighted by Crippen LogP contribution is -2.34. The highest BCUT2D eigenvalue weighted by Crippen LogP contribution is 2.33. The molecule has 0 bridgehead atoms. The fourth-order valence-corrected chi connectivity index (χ4v) is 3.07. The van der Waals surface area contributed by atoms with Crippen LogP contribution in [0.1, 0.15) is 31.4 Å². The number of urea groups is 1. The van der Waals surface area contributed by atoms with E-state index in [1.54, 1.807) is 35.2 Å². The highest BCUT2D eigenvalue weighted by atomic mass is 19.1. The maximum absolute atomic E-state index is 14.0. The number of halogens is 1. The smallest absolute Gasteiger partial charge is 0.322 e. The van der Waals surface area contributed by atoms with E-state index < -0.39 is 0 Å². The molecule has 2 aromatic rings. The first kappa shape index (κ1) is 16.3. The number of hydrogen-bond donors (Lipinski definition) is 1. The fraction of sp³-hybridized carbons (Fsp3) is 0.316. The largest absolute Gasteiger partial charge is 0.494 e. The summed E-state index contributed by atoms with van der Waals surface area (Å²) in [5.41, 5.74) is 1.28. The summed E-state index contributed by atoms with van der Waals surface area (Å²) in [6.45, 7) is 3.15. The zero-order valence-electron chi connectivity index (χ0n) is 13.7. The molecule has 1 aliphatic heterocycles. The van der Waals surface area contributed by atoms with E-state index in [9.17, 15) is 9.18 Å². The first-order valence-electron chi connectivity index (χ1n) is 8.24. The van der Waals surface area contributed by atoms with E-state index >= 15 is 0 Å². The van der Waals surface area contributed by atoms with Gasteiger partial charge < -0.3 is 15.0 Å². The molecule has 1 fully saturated rings. The Bertz CT molecular complexity index is 703. The summed E-state index contributed by atoms with van der Waals surface area (Å²) in [5, 5.41) is 2.88. The number of amides is 2. The molecule has 1 heterocycles. The Kier molecular flexibility index (Phi) is 4.99. The van der Waals surface area contributed by atoms with Crippen LogP contribution in [0.4, 0.5) is 14.9 Å². The number of nitrogens with zero attached hydrogens (tertiary/aromatic N) is 1. The Morgan fingerprint density at radius 3 is 2.71 bits per heavy atom. The van der Waals surface area contributed by atoms with Crippen molar-refractivity contribution < 1.29 is 13.9 Å². The van der Waals surface area contributed by atoms with Crippen molar-refractivity contribution >= 4 is 11.7 Å². The number of rotatable bonds is 4. The van der Waals surface area contributed by atoms with E-state index in [1.807, 2.05) is 19.1 Å². The number of ether oxygens (including phenoxy) is 1. The van der Waals surface area contributed by atoms with Gasteiger partial charge in [-0.25, -0.2) is 9.18 Å². The topological polar surface area (TPSA) is 41.6 Å². The molecule has 24 heavy (non-hydrogen) atoms. The van der Waals surface area contributed by atoms with Gasteiger partial charge in [0.1, 0.15) is 11.6 Å². The third-order valence-electron chi connectivity index (χ3n) is 4.19. The van der Waals surface area contributed by atoms with E-state index in [1.165, 1.54) is 6.07 Å². The zero-order valence-corrected chi connectivity index (χ0v) is 13.7. The minimum absolute atomic E-state index is 0.204. The maximum atomic E-state index is 14.0. The number of nitrogens with one attached hydrogen (secondary N) is 1. The monoisotopic (exact) mass is 328 g/mol. The zero-order chi connectivity index (χ0) is 16.9. The molecule has 1 atom stereocenters. The van der Waals surface area contributed by atoms with E-state index in [0.29, 0.717) is 24.4 Å². The van der Waals surface area contributed by atoms with Crippen molar-refractivity contribution in [3.8, 4) is 5.75 Å². The lowest BCUT2D eigenvalue weighted by atomic mass is 10.0. The van der Waals surface area contributed by atoms with Gasteiger partial charge in [0.15, 0.2) is 0 Å². The van der Waals surface area contributed by atoms with Crippen LogP contribution in [-0.2, 0) is 0 Å². The molecule has 0 saturated carbocycles. The molecule has 5 heteroatoms. The molecule has 2 aromatic carbocycles. The average Bonchev–Trinajstić information content (AvgIpc) is 3.07. The molecule has 1 aliphatic rings. The van der Waals surface area contributed by atoms with Gasteiger partial charge in [-0.1, -0.05) is 18.2 Å². The number of carbonyl (C=O) groups is 1. The van der Waals surface area contributed by atoms with Gasteiger partial charge in [-0.2, -0.15) is 0 Å². The second-order valence-electron chi connectivity index (χ2n) is 5.76. The summed E-state index contributed by atoms with van der Waals surface area (Å²) in [5.74, 6) is 0.504. The van der Waals surface area contributed by atoms with Crippen LogP contribution in [0, 0.1) is 5.82 Å². The number of hydrogen-bond acceptors (Lipinski definition) is 2. The molecular formula is C19H21FN2O2. The molecule has 0 unspecified atom stereocenters. The van der Waals surface area contributed by atoms with E-state index in [2.05, 4.69) is 5.32 Å². The summed E-state index contributed by atoms with van der Waals surface area (Å²) >= 11 is 0. The Balaban J connectivity index is 1.71. The van der Waals surface area contributed by atoms with Crippen molar-refractivity contribution in [2.75, 3.05) is 18.5 Å². The molecule has 1 N–H and O–H groups in total. The second-order valence-corrected chi connectivity index (χ2v) is 5.76. The van der Waals surface area contributed by atoms with Gasteiger partial charge in [0.25, 0.3) is 0 Å². The van der Waals surface area contributed by atoms with Crippen LogP contribution >= 0.6 is 0 Å². The standard InChI is InChI=1S/C19H21FN2O2/c1-2-24-15-11-9-14(10-12-15)21-19(23)22-13-5-8-18(22)16-6-3-4-7-17(16)20/h3-4,6-7,9-12,18H,2,5,8,13H2,1H3,(H,21,23)/t18-/m0/s1. The first-order chi connectivity index (χ1) is 11.7. The van der Waals surface area contributed by atoms with Crippen LogP contribution in [0.3, 0.4) is 0 Å². The summed E-state index contributed by atoms with van der Waals surface area (Å²) in [6, 6.07) is 13.5. The highest BCUT2D eigenvalue weighted by molar-refractivity contribution is 5.89. The van der Waals surface area contributed by atoms with Crippen LogP contribution in [0.25, 0.3) is 0 Å². The van der Waals surface area contributed by atoms with Crippen LogP contribution < -0.4 is 10.1 Å². The predicted octanol–water partition coefficient (Wildman–Crippen LogP) is 4.59. The molecule has 0 spiro atoms. The van der Waals surface area contributed by atoms with Crippen molar-refractivity contribution in [1.29, 1.82) is 0 Å². The van der Waals surface area contributed by atoms with E-state index in [0.717, 1.165) is 18.6 Å². The van der Waals surface area contributed by atoms with Crippen LogP contribution in [0.2, 0.25) is 0 Å². The number of carbonyl (C=O) groups excluding carboxylic acids is 1. The van der Waals surface area contributed by atoms with Crippen molar-refractivity contribution in [2.24, 2.45) is 0 Å². The SMILES string of the molecule is CCOc1ccc(NC(=O)N2CCC[C@H]2c2ccccc2F)cc1. The number of likely N-dealkylation sites (tertiary alicyclic amines) is 1. The Morgan fingerprint density at radius 2 is 2.00 bits per heavy atom. The molecule has 0 aromatic heterocycles. The average molecular weight is 328 g/mol.